The van der Waals surface area contributed by atoms with Crippen molar-refractivity contribution in [2.45, 2.75) is 19.4 Å². The number of nitrogens with zero attached hydrogens (tertiary/aromatic N) is 5. The van der Waals surface area contributed by atoms with Crippen molar-refractivity contribution in [1.29, 1.82) is 0 Å². The third-order valence-corrected chi connectivity index (χ3v) is 4.04. The van der Waals surface area contributed by atoms with Gasteiger partial charge in [0, 0.05) is 19.1 Å². The summed E-state index contributed by atoms with van der Waals surface area (Å²) in [6.45, 7) is 3.95. The molecule has 8 heteroatoms. The molecule has 3 rings (SSSR count). The Labute approximate surface area is 109 Å². The van der Waals surface area contributed by atoms with Crippen LogP contribution in [0.1, 0.15) is 13.3 Å². The van der Waals surface area contributed by atoms with E-state index >= 15 is 0 Å². The highest BCUT2D eigenvalue weighted by molar-refractivity contribution is 7.09. The summed E-state index contributed by atoms with van der Waals surface area (Å²) in [5.41, 5.74) is 6.08. The molecule has 1 fully saturated rings. The third-order valence-electron chi connectivity index (χ3n) is 3.37. The fourth-order valence-electron chi connectivity index (χ4n) is 2.06. The highest BCUT2D eigenvalue weighted by Gasteiger charge is 2.25. The summed E-state index contributed by atoms with van der Waals surface area (Å²) in [7, 11) is 0. The van der Waals surface area contributed by atoms with Gasteiger partial charge in [-0.15, -0.1) is 10.2 Å². The molecule has 2 atom stereocenters. The molecule has 0 spiro atoms. The number of piperidine rings is 1. The normalized spacial score (nSPS) is 24.4. The van der Waals surface area contributed by atoms with Crippen LogP contribution in [0.15, 0.2) is 6.20 Å². The maximum Gasteiger partial charge on any atom is 0.245 e. The van der Waals surface area contributed by atoms with Gasteiger partial charge >= 0.3 is 0 Å². The average molecular weight is 265 g/mol. The van der Waals surface area contributed by atoms with Crippen LogP contribution in [0, 0.1) is 5.92 Å². The number of H-pyrrole nitrogens is 1. The lowest BCUT2D eigenvalue weighted by Gasteiger charge is -2.34. The van der Waals surface area contributed by atoms with Crippen molar-refractivity contribution in [3.05, 3.63) is 6.20 Å². The van der Waals surface area contributed by atoms with Crippen molar-refractivity contribution >= 4 is 17.5 Å². The van der Waals surface area contributed by atoms with E-state index in [0.29, 0.717) is 17.7 Å². The first-order valence-electron chi connectivity index (χ1n) is 5.94. The topological polar surface area (TPSA) is 96.6 Å². The Balaban J connectivity index is 1.77. The summed E-state index contributed by atoms with van der Waals surface area (Å²) in [4.78, 5) is 7.49. The highest BCUT2D eigenvalue weighted by Crippen LogP contribution is 2.23. The first-order valence-corrected chi connectivity index (χ1v) is 6.72. The Morgan fingerprint density at radius 1 is 1.56 bits per heavy atom. The number of aromatic nitrogens is 5. The Morgan fingerprint density at radius 3 is 3.17 bits per heavy atom. The molecular formula is C10H15N7S. The maximum absolute atomic E-state index is 6.08. The van der Waals surface area contributed by atoms with Crippen molar-refractivity contribution in [3.8, 4) is 10.7 Å². The molecule has 0 radical (unpaired) electrons. The van der Waals surface area contributed by atoms with Crippen LogP contribution in [0.3, 0.4) is 0 Å². The number of rotatable bonds is 2. The van der Waals surface area contributed by atoms with Gasteiger partial charge in [-0.1, -0.05) is 11.4 Å². The van der Waals surface area contributed by atoms with Crippen LogP contribution < -0.4 is 10.6 Å². The first-order chi connectivity index (χ1) is 8.74. The largest absolute Gasteiger partial charge is 0.338 e. The molecule has 0 amide bonds. The van der Waals surface area contributed by atoms with Crippen molar-refractivity contribution in [2.24, 2.45) is 11.7 Å². The van der Waals surface area contributed by atoms with E-state index < -0.39 is 0 Å². The van der Waals surface area contributed by atoms with Gasteiger partial charge in [0.1, 0.15) is 4.88 Å². The summed E-state index contributed by atoms with van der Waals surface area (Å²) in [5, 5.41) is 10.9. The molecule has 1 aliphatic heterocycles. The van der Waals surface area contributed by atoms with Gasteiger partial charge in [0.2, 0.25) is 5.95 Å². The Morgan fingerprint density at radius 2 is 2.44 bits per heavy atom. The lowest BCUT2D eigenvalue weighted by atomic mass is 9.95. The molecule has 0 aliphatic carbocycles. The zero-order valence-electron chi connectivity index (χ0n) is 10.1. The fourth-order valence-corrected chi connectivity index (χ4v) is 2.51. The summed E-state index contributed by atoms with van der Waals surface area (Å²) >= 11 is 1.30. The molecule has 0 saturated carbocycles. The minimum Gasteiger partial charge on any atom is -0.338 e. The van der Waals surface area contributed by atoms with E-state index in [1.54, 1.807) is 6.20 Å². The van der Waals surface area contributed by atoms with Gasteiger partial charge in [0.05, 0.1) is 6.20 Å². The molecule has 18 heavy (non-hydrogen) atoms. The standard InChI is InChI=1S/C10H15N7S/c1-6-2-3-17(5-7(6)11)10-13-9(14-15-10)8-4-12-16-18-8/h4,6-7H,2-3,5,11H2,1H3,(H,13,14,15). The number of hydrogen-bond donors (Lipinski definition) is 2. The van der Waals surface area contributed by atoms with Gasteiger partial charge < -0.3 is 10.6 Å². The number of nitrogens with two attached hydrogens (primary N) is 1. The van der Waals surface area contributed by atoms with Gasteiger partial charge in [-0.25, -0.2) is 0 Å². The number of anilines is 1. The number of hydrogen-bond acceptors (Lipinski definition) is 7. The van der Waals surface area contributed by atoms with Crippen molar-refractivity contribution in [1.82, 2.24) is 24.8 Å². The van der Waals surface area contributed by atoms with E-state index in [4.69, 9.17) is 5.73 Å². The Hall–Kier alpha value is -1.54. The molecule has 1 saturated heterocycles. The van der Waals surface area contributed by atoms with Crippen molar-refractivity contribution < 1.29 is 0 Å². The summed E-state index contributed by atoms with van der Waals surface area (Å²) in [6.07, 6.45) is 2.76. The smallest absolute Gasteiger partial charge is 0.245 e. The zero-order chi connectivity index (χ0) is 12.5. The lowest BCUT2D eigenvalue weighted by Crippen LogP contribution is -2.48. The molecule has 2 aromatic heterocycles. The van der Waals surface area contributed by atoms with Crippen LogP contribution in [0.4, 0.5) is 5.95 Å². The van der Waals surface area contributed by atoms with Crippen LogP contribution in [-0.2, 0) is 0 Å². The van der Waals surface area contributed by atoms with Crippen LogP contribution >= 0.6 is 11.5 Å². The quantitative estimate of drug-likeness (QED) is 0.820. The zero-order valence-corrected chi connectivity index (χ0v) is 10.9. The average Bonchev–Trinajstić information content (AvgIpc) is 3.01. The van der Waals surface area contributed by atoms with E-state index in [2.05, 4.69) is 36.6 Å². The lowest BCUT2D eigenvalue weighted by molar-refractivity contribution is 0.376. The van der Waals surface area contributed by atoms with E-state index in [1.165, 1.54) is 11.5 Å². The molecule has 3 N–H and O–H groups in total. The Bertz CT molecular complexity index is 508. The summed E-state index contributed by atoms with van der Waals surface area (Å²) in [5.74, 6) is 1.98. The van der Waals surface area contributed by atoms with Crippen LogP contribution in [0.25, 0.3) is 10.7 Å². The second kappa shape index (κ2) is 4.62. The van der Waals surface area contributed by atoms with E-state index in [1.807, 2.05) is 0 Å². The summed E-state index contributed by atoms with van der Waals surface area (Å²) < 4.78 is 3.81. The molecule has 0 aromatic carbocycles. The molecule has 7 nitrogen and oxygen atoms in total. The fraction of sp³-hybridized carbons (Fsp3) is 0.600. The van der Waals surface area contributed by atoms with E-state index in [0.717, 1.165) is 24.4 Å². The molecule has 1 aliphatic rings. The SMILES string of the molecule is CC1CCN(c2n[nH]c(-c3cnns3)n2)CC1N. The highest BCUT2D eigenvalue weighted by atomic mass is 32.1. The van der Waals surface area contributed by atoms with Gasteiger partial charge in [0.15, 0.2) is 5.82 Å². The number of nitrogens with one attached hydrogen (secondary N) is 1. The molecule has 0 bridgehead atoms. The molecule has 2 unspecified atom stereocenters. The van der Waals surface area contributed by atoms with Crippen molar-refractivity contribution in [2.75, 3.05) is 18.0 Å². The monoisotopic (exact) mass is 265 g/mol. The third kappa shape index (κ3) is 2.08. The van der Waals surface area contributed by atoms with Gasteiger partial charge in [-0.2, -0.15) is 4.98 Å². The molecular weight excluding hydrogens is 250 g/mol. The van der Waals surface area contributed by atoms with Gasteiger partial charge in [-0.05, 0) is 23.9 Å². The second-order valence-electron chi connectivity index (χ2n) is 4.64. The Kier molecular flexibility index (Phi) is 2.96. The van der Waals surface area contributed by atoms with Crippen LogP contribution in [0.2, 0.25) is 0 Å². The predicted octanol–water partition coefficient (Wildman–Crippen LogP) is 0.497. The molecule has 96 valence electrons. The molecule has 3 heterocycles. The molecule has 2 aromatic rings. The van der Waals surface area contributed by atoms with Crippen LogP contribution in [-0.4, -0.2) is 43.9 Å². The van der Waals surface area contributed by atoms with Crippen molar-refractivity contribution in [3.63, 3.8) is 0 Å². The second-order valence-corrected chi connectivity index (χ2v) is 5.43. The maximum atomic E-state index is 6.08. The predicted molar refractivity (Wildman–Crippen MR) is 69.3 cm³/mol. The van der Waals surface area contributed by atoms with E-state index in [9.17, 15) is 0 Å². The summed E-state index contributed by atoms with van der Waals surface area (Å²) in [6, 6.07) is 0.186. The van der Waals surface area contributed by atoms with Gasteiger partial charge in [0.25, 0.3) is 0 Å². The minimum absolute atomic E-state index is 0.186. The van der Waals surface area contributed by atoms with Crippen LogP contribution in [0.5, 0.6) is 0 Å². The first kappa shape index (κ1) is 11.5. The minimum atomic E-state index is 0.186. The van der Waals surface area contributed by atoms with E-state index in [-0.39, 0.29) is 6.04 Å². The van der Waals surface area contributed by atoms with Gasteiger partial charge in [-0.3, -0.25) is 5.10 Å². The number of aromatic amines is 1.